The van der Waals surface area contributed by atoms with Crippen molar-refractivity contribution in [2.24, 2.45) is 0 Å². The van der Waals surface area contributed by atoms with Gasteiger partial charge in [0.25, 0.3) is 0 Å². The highest BCUT2D eigenvalue weighted by molar-refractivity contribution is 6.42. The Balaban J connectivity index is 2.00. The summed E-state index contributed by atoms with van der Waals surface area (Å²) in [5.41, 5.74) is 0.828. The van der Waals surface area contributed by atoms with Crippen LogP contribution in [0, 0.1) is 0 Å². The highest BCUT2D eigenvalue weighted by atomic mass is 35.5. The third-order valence-corrected chi connectivity index (χ3v) is 4.99. The smallest absolute Gasteiger partial charge is 0.309 e. The molecule has 1 fully saturated rings. The summed E-state index contributed by atoms with van der Waals surface area (Å²) in [5, 5.41) is 7.02. The van der Waals surface area contributed by atoms with Crippen LogP contribution >= 0.6 is 23.2 Å². The summed E-state index contributed by atoms with van der Waals surface area (Å²) in [6.45, 7) is 0.292. The van der Waals surface area contributed by atoms with E-state index in [0.29, 0.717) is 23.0 Å². The van der Waals surface area contributed by atoms with Gasteiger partial charge in [-0.25, -0.2) is 0 Å². The lowest BCUT2D eigenvalue weighted by molar-refractivity contribution is -0.124. The molecule has 0 bridgehead atoms. The van der Waals surface area contributed by atoms with Gasteiger partial charge in [0.05, 0.1) is 16.6 Å². The van der Waals surface area contributed by atoms with Crippen molar-refractivity contribution in [3.05, 3.63) is 33.8 Å². The fourth-order valence-electron chi connectivity index (χ4n) is 3.11. The van der Waals surface area contributed by atoms with E-state index in [1.165, 1.54) is 0 Å². The molecule has 1 atom stereocenters. The molecule has 1 heterocycles. The fraction of sp³-hybridized carbons (Fsp3) is 0.625. The van der Waals surface area contributed by atoms with E-state index >= 15 is 0 Å². The van der Waals surface area contributed by atoms with E-state index in [1.807, 2.05) is 12.1 Å². The molecule has 0 spiro atoms. The van der Waals surface area contributed by atoms with Gasteiger partial charge < -0.3 is 10.6 Å². The minimum atomic E-state index is -4.16. The molecule has 1 aromatic carbocycles. The first-order valence-corrected chi connectivity index (χ1v) is 8.56. The zero-order valence-corrected chi connectivity index (χ0v) is 14.3. The second kappa shape index (κ2) is 8.06. The van der Waals surface area contributed by atoms with Crippen molar-refractivity contribution in [3.63, 3.8) is 0 Å². The van der Waals surface area contributed by atoms with Crippen molar-refractivity contribution in [1.82, 2.24) is 10.6 Å². The minimum Gasteiger partial charge on any atom is -0.309 e. The van der Waals surface area contributed by atoms with Gasteiger partial charge in [-0.15, -0.1) is 0 Å². The molecule has 23 heavy (non-hydrogen) atoms. The molecule has 0 radical (unpaired) electrons. The maximum atomic E-state index is 12.2. The molecule has 0 aliphatic carbocycles. The van der Waals surface area contributed by atoms with Crippen molar-refractivity contribution in [2.75, 3.05) is 19.6 Å². The van der Waals surface area contributed by atoms with Crippen LogP contribution in [0.3, 0.4) is 0 Å². The predicted molar refractivity (Wildman–Crippen MR) is 88.2 cm³/mol. The number of alkyl halides is 3. The average molecular weight is 369 g/mol. The molecule has 1 saturated heterocycles. The van der Waals surface area contributed by atoms with E-state index in [9.17, 15) is 13.2 Å². The van der Waals surface area contributed by atoms with E-state index in [-0.39, 0.29) is 5.54 Å². The summed E-state index contributed by atoms with van der Waals surface area (Å²) >= 11 is 12.1. The number of halogens is 5. The highest BCUT2D eigenvalue weighted by Crippen LogP contribution is 2.37. The van der Waals surface area contributed by atoms with Crippen LogP contribution in [0.2, 0.25) is 10.0 Å². The quantitative estimate of drug-likeness (QED) is 0.698. The maximum absolute atomic E-state index is 12.2. The summed E-state index contributed by atoms with van der Waals surface area (Å²) < 4.78 is 36.5. The molecule has 0 unspecified atom stereocenters. The van der Waals surface area contributed by atoms with E-state index in [0.717, 1.165) is 37.8 Å². The topological polar surface area (TPSA) is 24.1 Å². The zero-order valence-electron chi connectivity index (χ0n) is 12.8. The molecule has 7 heteroatoms. The number of benzene rings is 1. The van der Waals surface area contributed by atoms with Gasteiger partial charge in [-0.3, -0.25) is 0 Å². The number of piperidine rings is 1. The van der Waals surface area contributed by atoms with Crippen LogP contribution in [0.4, 0.5) is 13.2 Å². The van der Waals surface area contributed by atoms with Gasteiger partial charge in [0.15, 0.2) is 0 Å². The molecule has 130 valence electrons. The van der Waals surface area contributed by atoms with E-state index in [2.05, 4.69) is 10.6 Å². The largest absolute Gasteiger partial charge is 0.401 e. The van der Waals surface area contributed by atoms with E-state index < -0.39 is 12.7 Å². The van der Waals surface area contributed by atoms with Crippen LogP contribution in [-0.4, -0.2) is 25.8 Å². The fourth-order valence-corrected chi connectivity index (χ4v) is 3.41. The maximum Gasteiger partial charge on any atom is 0.401 e. The van der Waals surface area contributed by atoms with Crippen molar-refractivity contribution in [1.29, 1.82) is 0 Å². The molecule has 1 aliphatic heterocycles. The molecule has 1 aromatic rings. The first-order chi connectivity index (χ1) is 10.8. The van der Waals surface area contributed by atoms with Gasteiger partial charge in [0.1, 0.15) is 0 Å². The predicted octanol–water partition coefficient (Wildman–Crippen LogP) is 4.89. The van der Waals surface area contributed by atoms with Gasteiger partial charge >= 0.3 is 6.18 Å². The molecular formula is C16H21Cl2F3N2. The number of nitrogens with one attached hydrogen (secondary N) is 2. The Kier molecular flexibility index (Phi) is 6.60. The minimum absolute atomic E-state index is 0.230. The molecule has 2 rings (SSSR count). The lowest BCUT2D eigenvalue weighted by Crippen LogP contribution is -2.46. The molecule has 2 N–H and O–H groups in total. The zero-order chi connectivity index (χ0) is 16.9. The van der Waals surface area contributed by atoms with Crippen LogP contribution in [0.15, 0.2) is 18.2 Å². The number of rotatable bonds is 6. The van der Waals surface area contributed by atoms with Crippen molar-refractivity contribution in [2.45, 2.75) is 43.8 Å². The summed E-state index contributed by atoms with van der Waals surface area (Å²) in [7, 11) is 0. The second-order valence-electron chi connectivity index (χ2n) is 5.99. The van der Waals surface area contributed by atoms with Crippen LogP contribution in [0.5, 0.6) is 0 Å². The van der Waals surface area contributed by atoms with Gasteiger partial charge in [-0.05, 0) is 56.5 Å². The monoisotopic (exact) mass is 368 g/mol. The van der Waals surface area contributed by atoms with Crippen LogP contribution < -0.4 is 10.6 Å². The summed E-state index contributed by atoms with van der Waals surface area (Å²) in [5.74, 6) is 0. The number of hydrogen-bond acceptors (Lipinski definition) is 2. The molecule has 1 aliphatic rings. The third-order valence-electron chi connectivity index (χ3n) is 4.25. The van der Waals surface area contributed by atoms with Crippen LogP contribution in [0.1, 0.15) is 37.7 Å². The highest BCUT2D eigenvalue weighted by Gasteiger charge is 2.33. The standard InChI is InChI=1S/C16H21Cl2F3N2/c17-13-5-4-12(10-14(13)18)15(6-1-2-9-23-15)7-3-8-22-11-16(19,20)21/h4-5,10,22-23H,1-3,6-9,11H2/t15-/m0/s1. The third kappa shape index (κ3) is 5.52. The Hall–Kier alpha value is -0.490. The van der Waals surface area contributed by atoms with Gasteiger partial charge in [-0.2, -0.15) is 13.2 Å². The summed E-state index contributed by atoms with van der Waals surface area (Å²) in [6.07, 6.45) is 0.395. The van der Waals surface area contributed by atoms with E-state index in [1.54, 1.807) is 6.07 Å². The SMILES string of the molecule is FC(F)(F)CNCCC[C@]1(c2ccc(Cl)c(Cl)c2)CCCCN1. The van der Waals surface area contributed by atoms with Gasteiger partial charge in [0.2, 0.25) is 0 Å². The van der Waals surface area contributed by atoms with Crippen molar-refractivity contribution >= 4 is 23.2 Å². The Morgan fingerprint density at radius 3 is 2.57 bits per heavy atom. The van der Waals surface area contributed by atoms with Crippen molar-refractivity contribution in [3.8, 4) is 0 Å². The first kappa shape index (κ1) is 18.8. The van der Waals surface area contributed by atoms with Crippen LogP contribution in [-0.2, 0) is 5.54 Å². The van der Waals surface area contributed by atoms with Gasteiger partial charge in [0, 0.05) is 5.54 Å². The lowest BCUT2D eigenvalue weighted by atomic mass is 9.79. The molecule has 0 amide bonds. The van der Waals surface area contributed by atoms with Crippen LogP contribution in [0.25, 0.3) is 0 Å². The summed E-state index contributed by atoms with van der Waals surface area (Å²) in [4.78, 5) is 0. The first-order valence-electron chi connectivity index (χ1n) is 7.80. The summed E-state index contributed by atoms with van der Waals surface area (Å²) in [6, 6.07) is 5.60. The Bertz CT molecular complexity index is 515. The Labute approximate surface area is 144 Å². The second-order valence-corrected chi connectivity index (χ2v) is 6.80. The Morgan fingerprint density at radius 2 is 1.96 bits per heavy atom. The van der Waals surface area contributed by atoms with E-state index in [4.69, 9.17) is 23.2 Å². The lowest BCUT2D eigenvalue weighted by Gasteiger charge is -2.39. The molecule has 0 aromatic heterocycles. The normalized spacial score (nSPS) is 22.3. The van der Waals surface area contributed by atoms with Gasteiger partial charge in [-0.1, -0.05) is 35.7 Å². The van der Waals surface area contributed by atoms with Crippen molar-refractivity contribution < 1.29 is 13.2 Å². The molecule has 0 saturated carbocycles. The average Bonchev–Trinajstić information content (AvgIpc) is 2.49. The number of hydrogen-bond donors (Lipinski definition) is 2. The molecule has 2 nitrogen and oxygen atoms in total. The Morgan fingerprint density at radius 1 is 1.17 bits per heavy atom. The molecular weight excluding hydrogens is 348 g/mol.